The van der Waals surface area contributed by atoms with Crippen molar-refractivity contribution in [3.8, 4) is 28.1 Å². The first kappa shape index (κ1) is 30.6. The third kappa shape index (κ3) is 6.66. The smallest absolute Gasteiger partial charge is 0.410 e. The predicted octanol–water partition coefficient (Wildman–Crippen LogP) is 7.18. The number of hydrogen-bond donors (Lipinski definition) is 0. The van der Waals surface area contributed by atoms with Crippen molar-refractivity contribution in [2.24, 2.45) is 0 Å². The molecular weight excluding hydrogens is 570 g/mol. The van der Waals surface area contributed by atoms with Gasteiger partial charge in [0.1, 0.15) is 24.8 Å². The second-order valence-corrected chi connectivity index (χ2v) is 20.4. The quantitative estimate of drug-likeness (QED) is 0.196. The standard InChI is InChI=1S/C34H47N5O4Si/c1-34(2,3)43-33(40)39-26-9-10-27(39)18-28(17-26)37(4)31-13-12-30-29-11-8-23(16-24(29)21-42-32(30)36-31)25-19-35-38(20-25)22-41-14-15-44(5,6)7/h8,11-13,16,19-20,26-28H,9-10,14-15,17-18,21-22H2,1-7H3/t26-,27+,28-. The first-order valence-electron chi connectivity index (χ1n) is 16.0. The zero-order chi connectivity index (χ0) is 31.2. The minimum Gasteiger partial charge on any atom is -0.472 e. The van der Waals surface area contributed by atoms with Crippen LogP contribution in [0.15, 0.2) is 42.7 Å². The second kappa shape index (κ2) is 11.9. The van der Waals surface area contributed by atoms with E-state index < -0.39 is 13.7 Å². The number of carbonyl (C=O) groups excluding carboxylic acids is 1. The Bertz CT molecular complexity index is 1500. The average molecular weight is 618 g/mol. The number of nitrogens with zero attached hydrogens (tertiary/aromatic N) is 5. The number of hydrogen-bond acceptors (Lipinski definition) is 7. The summed E-state index contributed by atoms with van der Waals surface area (Å²) in [6.45, 7) is 14.6. The predicted molar refractivity (Wildman–Crippen MR) is 176 cm³/mol. The molecule has 5 heterocycles. The van der Waals surface area contributed by atoms with E-state index >= 15 is 0 Å². The molecule has 0 N–H and O–H groups in total. The highest BCUT2D eigenvalue weighted by Gasteiger charge is 2.46. The maximum atomic E-state index is 12.9. The molecule has 1 amide bonds. The Balaban J connectivity index is 1.11. The van der Waals surface area contributed by atoms with Gasteiger partial charge in [0.2, 0.25) is 5.88 Å². The molecule has 3 atom stereocenters. The van der Waals surface area contributed by atoms with E-state index in [0.29, 0.717) is 25.3 Å². The van der Waals surface area contributed by atoms with Gasteiger partial charge in [-0.2, -0.15) is 10.1 Å². The van der Waals surface area contributed by atoms with Gasteiger partial charge in [-0.05, 0) is 87.4 Å². The van der Waals surface area contributed by atoms with Gasteiger partial charge in [-0.1, -0.05) is 31.8 Å². The number of ether oxygens (including phenoxy) is 3. The van der Waals surface area contributed by atoms with Crippen LogP contribution in [-0.4, -0.2) is 71.2 Å². The molecule has 9 nitrogen and oxygen atoms in total. The molecular formula is C34H47N5O4Si. The summed E-state index contributed by atoms with van der Waals surface area (Å²) in [4.78, 5) is 22.2. The van der Waals surface area contributed by atoms with Crippen LogP contribution >= 0.6 is 0 Å². The van der Waals surface area contributed by atoms with Crippen molar-refractivity contribution in [2.45, 2.75) is 109 Å². The lowest BCUT2D eigenvalue weighted by molar-refractivity contribution is 0.00597. The number of pyridine rings is 1. The van der Waals surface area contributed by atoms with Crippen molar-refractivity contribution >= 4 is 20.0 Å². The van der Waals surface area contributed by atoms with Crippen molar-refractivity contribution in [1.29, 1.82) is 0 Å². The maximum absolute atomic E-state index is 12.9. The highest BCUT2D eigenvalue weighted by atomic mass is 28.3. The number of aromatic nitrogens is 3. The lowest BCUT2D eigenvalue weighted by atomic mass is 9.95. The Morgan fingerprint density at radius 1 is 1.07 bits per heavy atom. The summed E-state index contributed by atoms with van der Waals surface area (Å²) in [6.07, 6.45) is 7.65. The molecule has 3 aliphatic rings. The molecule has 10 heteroatoms. The largest absolute Gasteiger partial charge is 0.472 e. The summed E-state index contributed by atoms with van der Waals surface area (Å²) in [5, 5.41) is 4.51. The third-order valence-electron chi connectivity index (χ3n) is 9.01. The van der Waals surface area contributed by atoms with Crippen LogP contribution in [-0.2, 0) is 22.8 Å². The van der Waals surface area contributed by atoms with Crippen LogP contribution in [0.4, 0.5) is 10.6 Å². The molecule has 236 valence electrons. The lowest BCUT2D eigenvalue weighted by Crippen LogP contribution is -2.53. The fourth-order valence-corrected chi connectivity index (χ4v) is 7.38. The summed E-state index contributed by atoms with van der Waals surface area (Å²) in [5.41, 5.74) is 5.00. The second-order valence-electron chi connectivity index (χ2n) is 14.8. The first-order chi connectivity index (χ1) is 20.8. The van der Waals surface area contributed by atoms with Gasteiger partial charge in [-0.3, -0.25) is 0 Å². The first-order valence-corrected chi connectivity index (χ1v) is 19.7. The molecule has 0 unspecified atom stereocenters. The molecule has 44 heavy (non-hydrogen) atoms. The highest BCUT2D eigenvalue weighted by molar-refractivity contribution is 6.76. The van der Waals surface area contributed by atoms with Gasteiger partial charge in [-0.25, -0.2) is 9.48 Å². The molecule has 0 radical (unpaired) electrons. The van der Waals surface area contributed by atoms with Gasteiger partial charge in [-0.15, -0.1) is 0 Å². The molecule has 6 rings (SSSR count). The van der Waals surface area contributed by atoms with Crippen molar-refractivity contribution in [3.63, 3.8) is 0 Å². The van der Waals surface area contributed by atoms with Crippen LogP contribution in [0.2, 0.25) is 25.7 Å². The summed E-state index contributed by atoms with van der Waals surface area (Å²) in [6, 6.07) is 12.6. The molecule has 3 aromatic rings. The minimum atomic E-state index is -1.10. The number of amides is 1. The van der Waals surface area contributed by atoms with Crippen LogP contribution in [0.5, 0.6) is 5.88 Å². The van der Waals surface area contributed by atoms with E-state index in [1.54, 1.807) is 0 Å². The molecule has 0 spiro atoms. The third-order valence-corrected chi connectivity index (χ3v) is 10.7. The van der Waals surface area contributed by atoms with E-state index in [9.17, 15) is 4.79 Å². The summed E-state index contributed by atoms with van der Waals surface area (Å²) >= 11 is 0. The Hall–Kier alpha value is -3.37. The molecule has 2 bridgehead atoms. The Labute approximate surface area is 262 Å². The fraction of sp³-hybridized carbons (Fsp3) is 0.559. The van der Waals surface area contributed by atoms with Gasteiger partial charge in [0.15, 0.2) is 0 Å². The van der Waals surface area contributed by atoms with Crippen LogP contribution in [0.3, 0.4) is 0 Å². The fourth-order valence-electron chi connectivity index (χ4n) is 6.63. The van der Waals surface area contributed by atoms with Crippen LogP contribution in [0.1, 0.15) is 52.0 Å². The summed E-state index contributed by atoms with van der Waals surface area (Å²) in [5.74, 6) is 1.57. The van der Waals surface area contributed by atoms with E-state index in [0.717, 1.165) is 72.0 Å². The van der Waals surface area contributed by atoms with E-state index in [1.807, 2.05) is 42.7 Å². The zero-order valence-electron chi connectivity index (χ0n) is 27.3. The number of anilines is 1. The molecule has 0 aliphatic carbocycles. The Kier molecular flexibility index (Phi) is 8.26. The van der Waals surface area contributed by atoms with Crippen molar-refractivity contribution in [3.05, 3.63) is 48.3 Å². The zero-order valence-corrected chi connectivity index (χ0v) is 28.3. The van der Waals surface area contributed by atoms with Gasteiger partial charge < -0.3 is 24.0 Å². The molecule has 3 aliphatic heterocycles. The lowest BCUT2D eigenvalue weighted by Gasteiger charge is -2.42. The highest BCUT2D eigenvalue weighted by Crippen LogP contribution is 2.42. The van der Waals surface area contributed by atoms with Gasteiger partial charge in [0.05, 0.1) is 6.20 Å². The number of rotatable bonds is 8. The maximum Gasteiger partial charge on any atom is 0.410 e. The Morgan fingerprint density at radius 3 is 2.50 bits per heavy atom. The van der Waals surface area contributed by atoms with Crippen molar-refractivity contribution < 1.29 is 19.0 Å². The summed E-state index contributed by atoms with van der Waals surface area (Å²) < 4.78 is 19.7. The average Bonchev–Trinajstić information content (AvgIpc) is 3.54. The van der Waals surface area contributed by atoms with Gasteiger partial charge in [0.25, 0.3) is 0 Å². The molecule has 2 aromatic heterocycles. The molecule has 1 aromatic carbocycles. The molecule has 2 saturated heterocycles. The van der Waals surface area contributed by atoms with E-state index in [-0.39, 0.29) is 18.2 Å². The van der Waals surface area contributed by atoms with Crippen LogP contribution in [0, 0.1) is 0 Å². The number of fused-ring (bicyclic) bond motifs is 5. The minimum absolute atomic E-state index is 0.177. The number of benzene rings is 1. The van der Waals surface area contributed by atoms with Crippen molar-refractivity contribution in [1.82, 2.24) is 19.7 Å². The topological polar surface area (TPSA) is 82.0 Å². The summed E-state index contributed by atoms with van der Waals surface area (Å²) in [7, 11) is 1.01. The van der Waals surface area contributed by atoms with Crippen LogP contribution < -0.4 is 9.64 Å². The normalized spacial score (nSPS) is 21.0. The molecule has 0 saturated carbocycles. The van der Waals surface area contributed by atoms with E-state index in [4.69, 9.17) is 19.2 Å². The SMILES string of the molecule is CN(c1ccc2c(n1)OCc1cc(-c3cnn(COCC[Si](C)(C)C)c3)ccc1-2)[C@@H]1C[C@H]2CC[C@@H](C1)N2C(=O)OC(C)(C)C. The van der Waals surface area contributed by atoms with Crippen molar-refractivity contribution in [2.75, 3.05) is 18.6 Å². The van der Waals surface area contributed by atoms with Gasteiger partial charge in [0, 0.05) is 57.2 Å². The number of carbonyl (C=O) groups is 1. The van der Waals surface area contributed by atoms with Gasteiger partial charge >= 0.3 is 6.09 Å². The van der Waals surface area contributed by atoms with E-state index in [1.165, 1.54) is 0 Å². The monoisotopic (exact) mass is 617 g/mol. The van der Waals surface area contributed by atoms with E-state index in [2.05, 4.69) is 67.0 Å². The number of piperidine rings is 1. The Morgan fingerprint density at radius 2 is 1.80 bits per heavy atom. The van der Waals surface area contributed by atoms with Crippen LogP contribution in [0.25, 0.3) is 22.3 Å². The molecule has 2 fully saturated rings.